The number of pyridine rings is 1. The molecule has 0 saturated carbocycles. The second-order valence-corrected chi connectivity index (χ2v) is 5.20. The lowest BCUT2D eigenvalue weighted by molar-refractivity contribution is 0.322. The molecule has 3 aromatic rings. The summed E-state index contributed by atoms with van der Waals surface area (Å²) in [6.45, 7) is 3.96. The van der Waals surface area contributed by atoms with Crippen LogP contribution in [0.1, 0.15) is 25.1 Å². The summed E-state index contributed by atoms with van der Waals surface area (Å²) in [6.07, 6.45) is 5.16. The Bertz CT molecular complexity index is 906. The average molecular weight is 307 g/mol. The van der Waals surface area contributed by atoms with E-state index in [4.69, 9.17) is 5.21 Å². The number of phenolic OH excluding ortho intramolecular Hbond substituents is 1. The zero-order valence-electron chi connectivity index (χ0n) is 12.9. The molecule has 0 fully saturated rings. The monoisotopic (exact) mass is 307 g/mol. The number of fused-ring (bicyclic) bond motifs is 1. The Kier molecular flexibility index (Phi) is 3.85. The Labute approximate surface area is 133 Å². The maximum Gasteiger partial charge on any atom is 0.145 e. The van der Waals surface area contributed by atoms with Crippen LogP contribution in [0.2, 0.25) is 0 Å². The number of rotatable bonds is 3. The lowest BCUT2D eigenvalue weighted by Crippen LogP contribution is -2.01. The highest BCUT2D eigenvalue weighted by molar-refractivity contribution is 6.04. The van der Waals surface area contributed by atoms with Gasteiger partial charge in [-0.1, -0.05) is 11.2 Å². The molecule has 2 N–H and O–H groups in total. The summed E-state index contributed by atoms with van der Waals surface area (Å²) in [5.41, 5.74) is 4.39. The van der Waals surface area contributed by atoms with E-state index >= 15 is 0 Å². The zero-order chi connectivity index (χ0) is 16.4. The Hall–Kier alpha value is -3.08. The van der Waals surface area contributed by atoms with Gasteiger partial charge in [-0.3, -0.25) is 4.57 Å². The van der Waals surface area contributed by atoms with Crippen LogP contribution in [0.15, 0.2) is 53.8 Å². The molecule has 2 heterocycles. The fourth-order valence-corrected chi connectivity index (χ4v) is 2.71. The normalized spacial score (nSPS) is 12.3. The van der Waals surface area contributed by atoms with E-state index in [-0.39, 0.29) is 5.75 Å². The maximum atomic E-state index is 9.54. The second kappa shape index (κ2) is 5.96. The van der Waals surface area contributed by atoms with Crippen LogP contribution in [0.4, 0.5) is 0 Å². The number of hydrogen-bond donors (Lipinski definition) is 2. The number of nitrogens with zero attached hydrogens (tertiary/aromatic N) is 3. The van der Waals surface area contributed by atoms with E-state index in [2.05, 4.69) is 10.1 Å². The molecule has 0 bridgehead atoms. The van der Waals surface area contributed by atoms with E-state index in [1.807, 2.05) is 48.8 Å². The first kappa shape index (κ1) is 14.8. The number of aromatic nitrogens is 2. The Morgan fingerprint density at radius 1 is 1.22 bits per heavy atom. The molecule has 0 aliphatic carbocycles. The lowest BCUT2D eigenvalue weighted by atomic mass is 10.1. The maximum absolute atomic E-state index is 9.54. The average Bonchev–Trinajstić information content (AvgIpc) is 2.90. The molecule has 0 radical (unpaired) electrons. The van der Waals surface area contributed by atoms with Crippen molar-refractivity contribution in [3.8, 4) is 11.4 Å². The van der Waals surface area contributed by atoms with Crippen molar-refractivity contribution in [1.82, 2.24) is 9.55 Å². The summed E-state index contributed by atoms with van der Waals surface area (Å²) in [4.78, 5) is 4.49. The van der Waals surface area contributed by atoms with Crippen LogP contribution in [-0.2, 0) is 0 Å². The van der Waals surface area contributed by atoms with Crippen LogP contribution in [0.3, 0.4) is 0 Å². The van der Waals surface area contributed by atoms with Gasteiger partial charge in [0.2, 0.25) is 0 Å². The quantitative estimate of drug-likeness (QED) is 0.437. The molecule has 3 rings (SSSR count). The third kappa shape index (κ3) is 2.46. The summed E-state index contributed by atoms with van der Waals surface area (Å²) in [5.74, 6) is 0.208. The SMILES string of the molecule is C/C=C(/C)c1c(C=NO)c2cccnc2n1-c1ccc(O)cc1. The van der Waals surface area contributed by atoms with Gasteiger partial charge in [0.15, 0.2) is 0 Å². The van der Waals surface area contributed by atoms with Crippen LogP contribution >= 0.6 is 0 Å². The van der Waals surface area contributed by atoms with Crippen LogP contribution in [0.25, 0.3) is 22.3 Å². The smallest absolute Gasteiger partial charge is 0.145 e. The van der Waals surface area contributed by atoms with Crippen LogP contribution in [0.5, 0.6) is 5.75 Å². The summed E-state index contributed by atoms with van der Waals surface area (Å²) in [7, 11) is 0. The van der Waals surface area contributed by atoms with Crippen LogP contribution in [-0.4, -0.2) is 26.1 Å². The summed E-state index contributed by atoms with van der Waals surface area (Å²) < 4.78 is 2.00. The topological polar surface area (TPSA) is 70.6 Å². The molecule has 0 unspecified atom stereocenters. The van der Waals surface area contributed by atoms with Gasteiger partial charge in [0.1, 0.15) is 11.4 Å². The second-order valence-electron chi connectivity index (χ2n) is 5.20. The highest BCUT2D eigenvalue weighted by Gasteiger charge is 2.19. The number of phenols is 1. The van der Waals surface area contributed by atoms with Gasteiger partial charge < -0.3 is 10.3 Å². The molecule has 0 spiro atoms. The molecule has 5 heteroatoms. The van der Waals surface area contributed by atoms with Crippen LogP contribution < -0.4 is 0 Å². The van der Waals surface area contributed by atoms with Gasteiger partial charge in [-0.15, -0.1) is 0 Å². The first-order valence-electron chi connectivity index (χ1n) is 7.27. The van der Waals surface area contributed by atoms with Crippen molar-refractivity contribution in [1.29, 1.82) is 0 Å². The summed E-state index contributed by atoms with van der Waals surface area (Å²) in [6, 6.07) is 10.7. The van der Waals surface area contributed by atoms with E-state index in [1.165, 1.54) is 6.21 Å². The molecule has 116 valence electrons. The molecule has 2 aromatic heterocycles. The van der Waals surface area contributed by atoms with Gasteiger partial charge in [0.05, 0.1) is 11.9 Å². The molecular formula is C18H17N3O2. The molecule has 5 nitrogen and oxygen atoms in total. The molecular weight excluding hydrogens is 290 g/mol. The number of allylic oxidation sites excluding steroid dienone is 2. The molecule has 23 heavy (non-hydrogen) atoms. The van der Waals surface area contributed by atoms with Crippen molar-refractivity contribution >= 4 is 22.8 Å². The van der Waals surface area contributed by atoms with E-state index in [1.54, 1.807) is 18.3 Å². The lowest BCUT2D eigenvalue weighted by Gasteiger charge is -2.11. The van der Waals surface area contributed by atoms with Gasteiger partial charge >= 0.3 is 0 Å². The Morgan fingerprint density at radius 2 is 1.96 bits per heavy atom. The van der Waals surface area contributed by atoms with Crippen molar-refractivity contribution in [3.63, 3.8) is 0 Å². The largest absolute Gasteiger partial charge is 0.508 e. The highest BCUT2D eigenvalue weighted by atomic mass is 16.4. The van der Waals surface area contributed by atoms with Crippen molar-refractivity contribution in [2.75, 3.05) is 0 Å². The van der Waals surface area contributed by atoms with Gasteiger partial charge in [-0.05, 0) is 55.8 Å². The Morgan fingerprint density at radius 3 is 2.61 bits per heavy atom. The van der Waals surface area contributed by atoms with Crippen molar-refractivity contribution in [2.45, 2.75) is 13.8 Å². The summed E-state index contributed by atoms with van der Waals surface area (Å²) in [5, 5.41) is 22.7. The predicted molar refractivity (Wildman–Crippen MR) is 91.4 cm³/mol. The molecule has 0 amide bonds. The van der Waals surface area contributed by atoms with Gasteiger partial charge in [-0.25, -0.2) is 4.98 Å². The zero-order valence-corrected chi connectivity index (χ0v) is 12.9. The fourth-order valence-electron chi connectivity index (χ4n) is 2.71. The number of benzene rings is 1. The summed E-state index contributed by atoms with van der Waals surface area (Å²) >= 11 is 0. The third-order valence-electron chi connectivity index (χ3n) is 3.87. The van der Waals surface area contributed by atoms with Gasteiger partial charge in [-0.2, -0.15) is 0 Å². The number of aromatic hydroxyl groups is 1. The first-order chi connectivity index (χ1) is 11.2. The Balaban J connectivity index is 2.46. The van der Waals surface area contributed by atoms with Crippen molar-refractivity contribution < 1.29 is 10.3 Å². The van der Waals surface area contributed by atoms with Crippen molar-refractivity contribution in [3.05, 3.63) is 59.9 Å². The predicted octanol–water partition coefficient (Wildman–Crippen LogP) is 3.96. The molecule has 0 saturated heterocycles. The molecule has 1 aromatic carbocycles. The van der Waals surface area contributed by atoms with E-state index in [9.17, 15) is 5.11 Å². The minimum absolute atomic E-state index is 0.208. The first-order valence-corrected chi connectivity index (χ1v) is 7.27. The van der Waals surface area contributed by atoms with Crippen molar-refractivity contribution in [2.24, 2.45) is 5.16 Å². The third-order valence-corrected chi connectivity index (χ3v) is 3.87. The van der Waals surface area contributed by atoms with Crippen LogP contribution in [0, 0.1) is 0 Å². The van der Waals surface area contributed by atoms with E-state index in [0.717, 1.165) is 33.6 Å². The minimum atomic E-state index is 0.208. The highest BCUT2D eigenvalue weighted by Crippen LogP contribution is 2.32. The molecule has 0 aliphatic rings. The van der Waals surface area contributed by atoms with E-state index in [0.29, 0.717) is 0 Å². The van der Waals surface area contributed by atoms with E-state index < -0.39 is 0 Å². The number of oxime groups is 1. The minimum Gasteiger partial charge on any atom is -0.508 e. The standard InChI is InChI=1S/C18H17N3O2/c1-3-12(2)17-16(11-20-23)15-5-4-10-19-18(15)21(17)13-6-8-14(22)9-7-13/h3-11,22-23H,1-2H3/b12-3-,20-11?. The van der Waals surface area contributed by atoms with Gasteiger partial charge in [0.25, 0.3) is 0 Å². The number of hydrogen-bond acceptors (Lipinski definition) is 4. The molecule has 0 aliphatic heterocycles. The molecule has 0 atom stereocenters. The fraction of sp³-hybridized carbons (Fsp3) is 0.111. The van der Waals surface area contributed by atoms with Gasteiger partial charge in [0, 0.05) is 22.8 Å².